The number of hydrogen-bond donors (Lipinski definition) is 5. The van der Waals surface area contributed by atoms with Crippen LogP contribution in [0, 0.1) is 47.3 Å². The second-order valence-corrected chi connectivity index (χ2v) is 21.1. The van der Waals surface area contributed by atoms with E-state index in [0.717, 1.165) is 0 Å². The Labute approximate surface area is 410 Å². The van der Waals surface area contributed by atoms with Crippen molar-refractivity contribution in [2.75, 3.05) is 46.9 Å². The third-order valence-corrected chi connectivity index (χ3v) is 16.0. The molecule has 1 aromatic carbocycles. The fourth-order valence-corrected chi connectivity index (χ4v) is 11.4. The largest absolute Gasteiger partial charge is 0.455 e. The van der Waals surface area contributed by atoms with E-state index in [9.17, 15) is 33.9 Å². The van der Waals surface area contributed by atoms with Gasteiger partial charge in [-0.05, 0) is 68.8 Å². The number of rotatable bonds is 23. The van der Waals surface area contributed by atoms with Crippen molar-refractivity contribution in [3.8, 4) is 0 Å². The molecule has 4 saturated heterocycles. The molecule has 14 atom stereocenters. The molecule has 4 heterocycles. The van der Waals surface area contributed by atoms with Crippen LogP contribution in [0.2, 0.25) is 0 Å². The molecule has 0 saturated carbocycles. The Morgan fingerprint density at radius 1 is 0.870 bits per heavy atom. The quantitative estimate of drug-likeness (QED) is 0.0994. The molecule has 4 aliphatic heterocycles. The van der Waals surface area contributed by atoms with Crippen LogP contribution in [0.25, 0.3) is 0 Å². The SMILES string of the molecule is CC[C@H](C)C([C@@H](CC(=O)N1CCC[C@H]1[C@H](CO)[C@@H](C)C(=O)N[C@H](C)[C@@H](OC(=O)C1C2CCC(O2)C1C(=O)N1CCC(N)CC1)c1ccccc1)OC)N(C)C(=O)[C@@H](NC(=O)[C@@H](CN)C(C)C)C(C)C. The summed E-state index contributed by atoms with van der Waals surface area (Å²) in [7, 11) is 3.23. The summed E-state index contributed by atoms with van der Waals surface area (Å²) >= 11 is 0. The van der Waals surface area contributed by atoms with E-state index in [-0.39, 0.29) is 79.0 Å². The molecular weight excluding hydrogens is 883 g/mol. The number of benzene rings is 1. The number of aliphatic hydroxyl groups is 1. The number of esters is 1. The second kappa shape index (κ2) is 25.3. The maximum atomic E-state index is 14.5. The molecule has 5 amide bonds. The smallest absolute Gasteiger partial charge is 0.313 e. The topological polar surface area (TPSA) is 236 Å². The predicted octanol–water partition coefficient (Wildman–Crippen LogP) is 3.40. The van der Waals surface area contributed by atoms with E-state index in [1.807, 2.05) is 71.9 Å². The summed E-state index contributed by atoms with van der Waals surface area (Å²) in [5.41, 5.74) is 12.7. The van der Waals surface area contributed by atoms with Gasteiger partial charge in [-0.3, -0.25) is 28.8 Å². The lowest BCUT2D eigenvalue weighted by Crippen LogP contribution is -2.58. The third kappa shape index (κ3) is 13.0. The van der Waals surface area contributed by atoms with Crippen molar-refractivity contribution >= 4 is 35.5 Å². The number of amides is 5. The van der Waals surface area contributed by atoms with Crippen LogP contribution in [0.5, 0.6) is 0 Å². The van der Waals surface area contributed by atoms with E-state index in [1.54, 1.807) is 35.6 Å². The number of likely N-dealkylation sites (N-methyl/N-ethyl adjacent to an activating group) is 1. The number of methoxy groups -OCH3 is 1. The van der Waals surface area contributed by atoms with Gasteiger partial charge in [0.25, 0.3) is 0 Å². The number of hydrogen-bond acceptors (Lipinski definition) is 12. The molecule has 0 aromatic heterocycles. The average molecular weight is 968 g/mol. The minimum Gasteiger partial charge on any atom is -0.455 e. The number of nitrogens with zero attached hydrogens (tertiary/aromatic N) is 3. The van der Waals surface area contributed by atoms with Gasteiger partial charge in [-0.15, -0.1) is 0 Å². The summed E-state index contributed by atoms with van der Waals surface area (Å²) in [6.07, 6.45) is 2.23. The van der Waals surface area contributed by atoms with E-state index in [4.69, 9.17) is 25.7 Å². The summed E-state index contributed by atoms with van der Waals surface area (Å²) in [5.74, 6) is -5.38. The van der Waals surface area contributed by atoms with Crippen LogP contribution in [0.3, 0.4) is 0 Å². The van der Waals surface area contributed by atoms with Gasteiger partial charge in [0.2, 0.25) is 29.5 Å². The van der Waals surface area contributed by atoms with Gasteiger partial charge in [0.15, 0.2) is 0 Å². The molecular formula is C52H85N7O10. The number of piperidine rings is 1. The first kappa shape index (κ1) is 55.8. The Morgan fingerprint density at radius 2 is 1.51 bits per heavy atom. The number of fused-ring (bicyclic) bond motifs is 2. The minimum atomic E-state index is -0.903. The first-order valence-electron chi connectivity index (χ1n) is 25.8. The molecule has 0 aliphatic carbocycles. The number of nitrogens with two attached hydrogens (primary N) is 2. The highest BCUT2D eigenvalue weighted by molar-refractivity contribution is 5.89. The first-order valence-corrected chi connectivity index (χ1v) is 25.8. The predicted molar refractivity (Wildman–Crippen MR) is 262 cm³/mol. The first-order chi connectivity index (χ1) is 32.8. The van der Waals surface area contributed by atoms with Crippen LogP contribution in [0.4, 0.5) is 0 Å². The minimum absolute atomic E-state index is 0.0108. The molecule has 5 rings (SSSR count). The summed E-state index contributed by atoms with van der Waals surface area (Å²) in [4.78, 5) is 89.8. The van der Waals surface area contributed by atoms with Gasteiger partial charge in [-0.25, -0.2) is 0 Å². The van der Waals surface area contributed by atoms with Crippen molar-refractivity contribution in [3.63, 3.8) is 0 Å². The van der Waals surface area contributed by atoms with Crippen LogP contribution >= 0.6 is 0 Å². The van der Waals surface area contributed by atoms with Gasteiger partial charge < -0.3 is 56.1 Å². The molecule has 0 spiro atoms. The monoisotopic (exact) mass is 968 g/mol. The Morgan fingerprint density at radius 3 is 2.07 bits per heavy atom. The highest BCUT2D eigenvalue weighted by Crippen LogP contribution is 2.46. The third-order valence-electron chi connectivity index (χ3n) is 16.0. The van der Waals surface area contributed by atoms with Gasteiger partial charge in [0, 0.05) is 70.9 Å². The average Bonchev–Trinajstić information content (AvgIpc) is 4.10. The van der Waals surface area contributed by atoms with E-state index < -0.39 is 78.0 Å². The van der Waals surface area contributed by atoms with Crippen molar-refractivity contribution in [3.05, 3.63) is 35.9 Å². The van der Waals surface area contributed by atoms with E-state index in [2.05, 4.69) is 10.6 Å². The van der Waals surface area contributed by atoms with Crippen molar-refractivity contribution in [2.24, 2.45) is 58.8 Å². The van der Waals surface area contributed by atoms with E-state index in [1.165, 1.54) is 7.11 Å². The summed E-state index contributed by atoms with van der Waals surface area (Å²) in [6, 6.07) is 6.71. The van der Waals surface area contributed by atoms with Crippen LogP contribution in [0.15, 0.2) is 30.3 Å². The van der Waals surface area contributed by atoms with Gasteiger partial charge in [-0.1, -0.05) is 85.2 Å². The number of likely N-dealkylation sites (tertiary alicyclic amines) is 2. The van der Waals surface area contributed by atoms with Crippen molar-refractivity contribution in [1.82, 2.24) is 25.3 Å². The van der Waals surface area contributed by atoms with Gasteiger partial charge in [0.05, 0.1) is 54.6 Å². The van der Waals surface area contributed by atoms with Gasteiger partial charge in [0.1, 0.15) is 12.1 Å². The molecule has 17 nitrogen and oxygen atoms in total. The second-order valence-electron chi connectivity index (χ2n) is 21.1. The van der Waals surface area contributed by atoms with E-state index >= 15 is 0 Å². The molecule has 5 unspecified atom stereocenters. The standard InChI is InChI=1S/C52H85N7O10/c1-11-31(6)46(57(9)51(65)45(30(4)5)56-49(63)36(27-53)29(2)3)41(67-10)26-42(61)59-23-15-18-38(59)37(28-60)32(7)48(62)55-33(8)47(34-16-13-12-14-17-34)69-52(66)44-40-20-19-39(68-40)43(44)50(64)58-24-21-35(54)22-25-58/h12-14,16-17,29-33,35-41,43-47,60H,11,15,18-28,53-54H2,1-10H3,(H,55,62)(H,56,63)/t31-,32+,33+,36-,37+,38-,39?,40?,41+,43?,44?,45-,46?,47+/m0/s1. The van der Waals surface area contributed by atoms with Gasteiger partial charge >= 0.3 is 5.97 Å². The summed E-state index contributed by atoms with van der Waals surface area (Å²) in [6.45, 7) is 16.4. The molecule has 0 radical (unpaired) electrons. The Hall–Kier alpha value is -4.16. The Kier molecular flexibility index (Phi) is 20.4. The highest BCUT2D eigenvalue weighted by Gasteiger charge is 2.57. The highest BCUT2D eigenvalue weighted by atomic mass is 16.6. The molecule has 2 bridgehead atoms. The molecule has 4 fully saturated rings. The molecule has 1 aromatic rings. The number of ether oxygens (including phenoxy) is 3. The molecule has 69 heavy (non-hydrogen) atoms. The van der Waals surface area contributed by atoms with Crippen LogP contribution in [0.1, 0.15) is 118 Å². The van der Waals surface area contributed by atoms with Crippen molar-refractivity contribution < 1.29 is 48.1 Å². The van der Waals surface area contributed by atoms with E-state index in [0.29, 0.717) is 70.1 Å². The van der Waals surface area contributed by atoms with Crippen LogP contribution in [-0.2, 0) is 43.0 Å². The van der Waals surface area contributed by atoms with Gasteiger partial charge in [-0.2, -0.15) is 0 Å². The molecule has 388 valence electrons. The Balaban J connectivity index is 1.28. The van der Waals surface area contributed by atoms with Crippen molar-refractivity contribution in [2.45, 2.75) is 161 Å². The van der Waals surface area contributed by atoms with Crippen LogP contribution in [-0.4, -0.2) is 151 Å². The Bertz CT molecular complexity index is 1880. The lowest BCUT2D eigenvalue weighted by molar-refractivity contribution is -0.163. The number of carbonyl (C=O) groups is 6. The van der Waals surface area contributed by atoms with Crippen LogP contribution < -0.4 is 22.1 Å². The normalized spacial score (nSPS) is 25.6. The molecule has 17 heteroatoms. The summed E-state index contributed by atoms with van der Waals surface area (Å²) < 4.78 is 18.6. The fourth-order valence-electron chi connectivity index (χ4n) is 11.4. The summed E-state index contributed by atoms with van der Waals surface area (Å²) in [5, 5.41) is 17.0. The lowest BCUT2D eigenvalue weighted by atomic mass is 9.78. The number of nitrogens with one attached hydrogen (secondary N) is 2. The lowest BCUT2D eigenvalue weighted by Gasteiger charge is -2.41. The van der Waals surface area contributed by atoms with Crippen molar-refractivity contribution in [1.29, 1.82) is 0 Å². The molecule has 4 aliphatic rings. The zero-order chi connectivity index (χ0) is 50.9. The zero-order valence-corrected chi connectivity index (χ0v) is 43.0. The molecule has 7 N–H and O–H groups in total. The maximum Gasteiger partial charge on any atom is 0.313 e. The fraction of sp³-hybridized carbons (Fsp3) is 0.769. The number of carbonyl (C=O) groups excluding carboxylic acids is 6. The maximum absolute atomic E-state index is 14.5. The zero-order valence-electron chi connectivity index (χ0n) is 43.0. The number of aliphatic hydroxyl groups excluding tert-OH is 1.